The average Bonchev–Trinajstić information content (AvgIpc) is 2.97. The van der Waals surface area contributed by atoms with Crippen molar-refractivity contribution in [3.63, 3.8) is 0 Å². The van der Waals surface area contributed by atoms with Crippen LogP contribution in [0.25, 0.3) is 11.5 Å². The summed E-state index contributed by atoms with van der Waals surface area (Å²) in [6, 6.07) is 9.22. The Morgan fingerprint density at radius 3 is 2.70 bits per heavy atom. The molecular formula is C14H15N5O. The molecular weight excluding hydrogens is 254 g/mol. The van der Waals surface area contributed by atoms with E-state index in [0.29, 0.717) is 23.8 Å². The van der Waals surface area contributed by atoms with E-state index < -0.39 is 0 Å². The number of aromatic nitrogens is 2. The second-order valence-electron chi connectivity index (χ2n) is 4.73. The van der Waals surface area contributed by atoms with Crippen molar-refractivity contribution in [3.8, 4) is 17.5 Å². The topological polar surface area (TPSA) is 78.0 Å². The third-order valence-corrected chi connectivity index (χ3v) is 3.30. The van der Waals surface area contributed by atoms with Crippen molar-refractivity contribution < 1.29 is 4.52 Å². The zero-order chi connectivity index (χ0) is 13.8. The minimum absolute atomic E-state index is 0.500. The molecule has 0 saturated carbocycles. The van der Waals surface area contributed by atoms with Gasteiger partial charge in [-0.05, 0) is 24.3 Å². The fraction of sp³-hybridized carbons (Fsp3) is 0.357. The van der Waals surface area contributed by atoms with Gasteiger partial charge in [-0.15, -0.1) is 0 Å². The van der Waals surface area contributed by atoms with Crippen molar-refractivity contribution in [1.82, 2.24) is 20.4 Å². The fourth-order valence-electron chi connectivity index (χ4n) is 2.19. The normalized spacial score (nSPS) is 15.9. The molecule has 1 fully saturated rings. The summed E-state index contributed by atoms with van der Waals surface area (Å²) in [4.78, 5) is 6.70. The van der Waals surface area contributed by atoms with Gasteiger partial charge in [0, 0.05) is 31.7 Å². The Hall–Kier alpha value is -2.23. The van der Waals surface area contributed by atoms with E-state index in [1.807, 2.05) is 12.1 Å². The van der Waals surface area contributed by atoms with Crippen molar-refractivity contribution in [2.45, 2.75) is 6.54 Å². The van der Waals surface area contributed by atoms with Gasteiger partial charge in [0.25, 0.3) is 5.89 Å². The molecule has 2 heterocycles. The van der Waals surface area contributed by atoms with E-state index in [1.54, 1.807) is 12.1 Å². The number of rotatable bonds is 3. The Labute approximate surface area is 117 Å². The van der Waals surface area contributed by atoms with Gasteiger partial charge in [-0.3, -0.25) is 4.90 Å². The predicted molar refractivity (Wildman–Crippen MR) is 72.6 cm³/mol. The van der Waals surface area contributed by atoms with Crippen LogP contribution < -0.4 is 5.32 Å². The smallest absolute Gasteiger partial charge is 0.257 e. The van der Waals surface area contributed by atoms with E-state index in [9.17, 15) is 0 Å². The summed E-state index contributed by atoms with van der Waals surface area (Å²) in [6.45, 7) is 4.71. The van der Waals surface area contributed by atoms with Gasteiger partial charge in [-0.1, -0.05) is 5.16 Å². The van der Waals surface area contributed by atoms with E-state index >= 15 is 0 Å². The molecule has 0 unspecified atom stereocenters. The first kappa shape index (κ1) is 12.8. The van der Waals surface area contributed by atoms with E-state index in [1.165, 1.54) is 0 Å². The lowest BCUT2D eigenvalue weighted by atomic mass is 10.1. The Morgan fingerprint density at radius 1 is 1.25 bits per heavy atom. The summed E-state index contributed by atoms with van der Waals surface area (Å²) < 4.78 is 5.28. The van der Waals surface area contributed by atoms with Crippen molar-refractivity contribution in [2.24, 2.45) is 0 Å². The molecule has 1 N–H and O–H groups in total. The van der Waals surface area contributed by atoms with Gasteiger partial charge in [-0.2, -0.15) is 10.2 Å². The highest BCUT2D eigenvalue weighted by Gasteiger charge is 2.14. The Kier molecular flexibility index (Phi) is 3.72. The molecule has 2 aromatic rings. The van der Waals surface area contributed by atoms with Crippen LogP contribution in [0.1, 0.15) is 11.4 Å². The molecule has 6 nitrogen and oxygen atoms in total. The summed E-state index contributed by atoms with van der Waals surface area (Å²) in [5.74, 6) is 1.20. The van der Waals surface area contributed by atoms with Crippen LogP contribution >= 0.6 is 0 Å². The van der Waals surface area contributed by atoms with Gasteiger partial charge in [0.1, 0.15) is 0 Å². The zero-order valence-electron chi connectivity index (χ0n) is 11.0. The molecule has 1 aliphatic heterocycles. The first-order valence-corrected chi connectivity index (χ1v) is 6.61. The standard InChI is InChI=1S/C14H15N5O/c15-9-11-1-3-12(4-2-11)14-17-13(18-20-14)10-19-7-5-16-6-8-19/h1-4,16H,5-8,10H2. The number of piperazine rings is 1. The molecule has 0 aliphatic carbocycles. The minimum atomic E-state index is 0.500. The zero-order valence-corrected chi connectivity index (χ0v) is 11.0. The van der Waals surface area contributed by atoms with Gasteiger partial charge < -0.3 is 9.84 Å². The molecule has 1 aliphatic rings. The van der Waals surface area contributed by atoms with Crippen molar-refractivity contribution in [3.05, 3.63) is 35.7 Å². The molecule has 6 heteroatoms. The second-order valence-corrected chi connectivity index (χ2v) is 4.73. The maximum atomic E-state index is 8.77. The van der Waals surface area contributed by atoms with Gasteiger partial charge >= 0.3 is 0 Å². The lowest BCUT2D eigenvalue weighted by Gasteiger charge is -2.25. The van der Waals surface area contributed by atoms with E-state index in [4.69, 9.17) is 9.78 Å². The number of hydrogen-bond donors (Lipinski definition) is 1. The molecule has 3 rings (SSSR count). The summed E-state index contributed by atoms with van der Waals surface area (Å²) in [7, 11) is 0. The van der Waals surface area contributed by atoms with Crippen molar-refractivity contribution in [1.29, 1.82) is 5.26 Å². The number of nitrogens with zero attached hydrogens (tertiary/aromatic N) is 4. The van der Waals surface area contributed by atoms with E-state index in [2.05, 4.69) is 26.4 Å². The lowest BCUT2D eigenvalue weighted by Crippen LogP contribution is -2.43. The molecule has 20 heavy (non-hydrogen) atoms. The molecule has 0 atom stereocenters. The first-order valence-electron chi connectivity index (χ1n) is 6.61. The Morgan fingerprint density at radius 2 is 2.00 bits per heavy atom. The SMILES string of the molecule is N#Cc1ccc(-c2nc(CN3CCNCC3)no2)cc1. The fourth-order valence-corrected chi connectivity index (χ4v) is 2.19. The van der Waals surface area contributed by atoms with E-state index in [-0.39, 0.29) is 0 Å². The maximum absolute atomic E-state index is 8.77. The molecule has 0 radical (unpaired) electrons. The quantitative estimate of drug-likeness (QED) is 0.896. The predicted octanol–water partition coefficient (Wildman–Crippen LogP) is 1.01. The largest absolute Gasteiger partial charge is 0.334 e. The monoisotopic (exact) mass is 269 g/mol. The molecule has 102 valence electrons. The highest BCUT2D eigenvalue weighted by atomic mass is 16.5. The van der Waals surface area contributed by atoms with Crippen LogP contribution in [0.3, 0.4) is 0 Å². The summed E-state index contributed by atoms with van der Waals surface area (Å²) in [5, 5.41) is 16.1. The van der Waals surface area contributed by atoms with Gasteiger partial charge in [-0.25, -0.2) is 0 Å². The lowest BCUT2D eigenvalue weighted by molar-refractivity contribution is 0.225. The van der Waals surface area contributed by atoms with Crippen LogP contribution in [0, 0.1) is 11.3 Å². The van der Waals surface area contributed by atoms with Crippen LogP contribution in [0.2, 0.25) is 0 Å². The third-order valence-electron chi connectivity index (χ3n) is 3.30. The summed E-state index contributed by atoms with van der Waals surface area (Å²) >= 11 is 0. The van der Waals surface area contributed by atoms with Crippen LogP contribution in [0.15, 0.2) is 28.8 Å². The molecule has 1 saturated heterocycles. The van der Waals surface area contributed by atoms with E-state index in [0.717, 1.165) is 31.7 Å². The molecule has 0 spiro atoms. The third kappa shape index (κ3) is 2.85. The van der Waals surface area contributed by atoms with Crippen LogP contribution in [-0.2, 0) is 6.54 Å². The van der Waals surface area contributed by atoms with Crippen molar-refractivity contribution in [2.75, 3.05) is 26.2 Å². The van der Waals surface area contributed by atoms with Crippen LogP contribution in [0.4, 0.5) is 0 Å². The van der Waals surface area contributed by atoms with Crippen LogP contribution in [0.5, 0.6) is 0 Å². The summed E-state index contributed by atoms with van der Waals surface area (Å²) in [6.07, 6.45) is 0. The maximum Gasteiger partial charge on any atom is 0.257 e. The van der Waals surface area contributed by atoms with Gasteiger partial charge in [0.2, 0.25) is 0 Å². The molecule has 0 bridgehead atoms. The van der Waals surface area contributed by atoms with Gasteiger partial charge in [0.15, 0.2) is 5.82 Å². The Bertz CT molecular complexity index is 607. The summed E-state index contributed by atoms with van der Waals surface area (Å²) in [5.41, 5.74) is 1.46. The minimum Gasteiger partial charge on any atom is -0.334 e. The van der Waals surface area contributed by atoms with Crippen LogP contribution in [-0.4, -0.2) is 41.2 Å². The second kappa shape index (κ2) is 5.82. The number of nitriles is 1. The number of benzene rings is 1. The molecule has 1 aromatic carbocycles. The number of nitrogens with one attached hydrogen (secondary N) is 1. The molecule has 0 amide bonds. The van der Waals surface area contributed by atoms with Gasteiger partial charge in [0.05, 0.1) is 18.2 Å². The highest BCUT2D eigenvalue weighted by Crippen LogP contribution is 2.18. The van der Waals surface area contributed by atoms with Crippen molar-refractivity contribution >= 4 is 0 Å². The highest BCUT2D eigenvalue weighted by molar-refractivity contribution is 5.54. The molecule has 1 aromatic heterocycles. The Balaban J connectivity index is 1.70. The average molecular weight is 269 g/mol. The first-order chi connectivity index (χ1) is 9.85. The number of hydrogen-bond acceptors (Lipinski definition) is 6.